The summed E-state index contributed by atoms with van der Waals surface area (Å²) in [6.07, 6.45) is 7.74. The lowest BCUT2D eigenvalue weighted by atomic mass is 10.1. The molecule has 2 heterocycles. The second-order valence-electron chi connectivity index (χ2n) is 7.83. The van der Waals surface area contributed by atoms with E-state index < -0.39 is 5.25 Å². The van der Waals surface area contributed by atoms with Crippen LogP contribution in [0.25, 0.3) is 0 Å². The number of nitrogens with zero attached hydrogens (tertiary/aromatic N) is 4. The first kappa shape index (κ1) is 22.2. The average Bonchev–Trinajstić information content (AvgIpc) is 3.46. The van der Waals surface area contributed by atoms with Gasteiger partial charge in [0.1, 0.15) is 11.1 Å². The third-order valence-corrected chi connectivity index (χ3v) is 8.82. The van der Waals surface area contributed by atoms with Crippen LogP contribution in [0, 0.1) is 11.3 Å². The van der Waals surface area contributed by atoms with Gasteiger partial charge in [0.25, 0.3) is 0 Å². The zero-order valence-electron chi connectivity index (χ0n) is 17.6. The Bertz CT molecular complexity index is 1020. The number of amides is 2. The van der Waals surface area contributed by atoms with Gasteiger partial charge in [-0.15, -0.1) is 21.5 Å². The molecule has 0 radical (unpaired) electrons. The smallest absolute Gasteiger partial charge is 0.238 e. The molecule has 0 bridgehead atoms. The number of fused-ring (bicyclic) bond motifs is 1. The lowest BCUT2D eigenvalue weighted by molar-refractivity contribution is -0.118. The molecule has 4 rings (SSSR count). The summed E-state index contributed by atoms with van der Waals surface area (Å²) in [4.78, 5) is 28.1. The van der Waals surface area contributed by atoms with Gasteiger partial charge in [-0.2, -0.15) is 5.26 Å². The molecule has 7 nitrogen and oxygen atoms in total. The van der Waals surface area contributed by atoms with Crippen LogP contribution in [0.4, 0.5) is 10.1 Å². The van der Waals surface area contributed by atoms with Crippen LogP contribution in [-0.4, -0.2) is 33.3 Å². The second kappa shape index (κ2) is 9.67. The van der Waals surface area contributed by atoms with Crippen LogP contribution in [-0.2, 0) is 22.4 Å². The summed E-state index contributed by atoms with van der Waals surface area (Å²) in [7, 11) is 0. The van der Waals surface area contributed by atoms with E-state index in [0.717, 1.165) is 44.1 Å². The second-order valence-corrected chi connectivity index (χ2v) is 11.5. The Hall–Kier alpha value is -1.96. The number of aryl methyl sites for hydroxylation is 1. The summed E-state index contributed by atoms with van der Waals surface area (Å²) in [5, 5.41) is 21.9. The van der Waals surface area contributed by atoms with Crippen molar-refractivity contribution in [2.45, 2.75) is 80.8 Å². The number of aromatic nitrogens is 2. The summed E-state index contributed by atoms with van der Waals surface area (Å²) in [6.45, 7) is 3.67. The van der Waals surface area contributed by atoms with Crippen molar-refractivity contribution in [3.63, 3.8) is 0 Å². The van der Waals surface area contributed by atoms with E-state index in [4.69, 9.17) is 0 Å². The summed E-state index contributed by atoms with van der Waals surface area (Å²) in [5.41, 5.74) is 1.75. The normalized spacial score (nSPS) is 16.7. The minimum Gasteiger partial charge on any atom is -0.316 e. The number of hydrogen-bond donors (Lipinski definition) is 1. The molecule has 0 aliphatic heterocycles. The molecule has 0 aromatic carbocycles. The third kappa shape index (κ3) is 4.94. The Labute approximate surface area is 194 Å². The van der Waals surface area contributed by atoms with E-state index in [2.05, 4.69) is 21.6 Å². The largest absolute Gasteiger partial charge is 0.316 e. The van der Waals surface area contributed by atoms with Gasteiger partial charge in [-0.1, -0.05) is 36.4 Å². The van der Waals surface area contributed by atoms with Gasteiger partial charge in [0.05, 0.1) is 10.8 Å². The first-order valence-corrected chi connectivity index (χ1v) is 13.2. The SMILES string of the molecule is CCC(=O)N(c1nnc(SC(C)C(=O)Nc2sc3c(c2C#N)CCCCC3)s1)C1CC1. The summed E-state index contributed by atoms with van der Waals surface area (Å²) in [6, 6.07) is 2.54. The molecule has 2 aliphatic rings. The van der Waals surface area contributed by atoms with Crippen LogP contribution in [0.15, 0.2) is 4.34 Å². The van der Waals surface area contributed by atoms with Gasteiger partial charge in [-0.25, -0.2) is 0 Å². The van der Waals surface area contributed by atoms with E-state index in [-0.39, 0.29) is 17.9 Å². The Balaban J connectivity index is 1.42. The molecule has 1 N–H and O–H groups in total. The number of carbonyl (C=O) groups is 2. The van der Waals surface area contributed by atoms with Crippen LogP contribution in [0.2, 0.25) is 0 Å². The molecular weight excluding hydrogens is 450 g/mol. The molecule has 1 fully saturated rings. The fraction of sp³-hybridized carbons (Fsp3) is 0.571. The predicted octanol–water partition coefficient (Wildman–Crippen LogP) is 4.76. The molecular formula is C21H25N5O2S3. The number of hydrogen-bond acceptors (Lipinski definition) is 8. The lowest BCUT2D eigenvalue weighted by Crippen LogP contribution is -2.32. The molecule has 164 valence electrons. The zero-order chi connectivity index (χ0) is 22.0. The molecule has 10 heteroatoms. The quantitative estimate of drug-likeness (QED) is 0.352. The average molecular weight is 476 g/mol. The highest BCUT2D eigenvalue weighted by atomic mass is 32.2. The van der Waals surface area contributed by atoms with Gasteiger partial charge in [-0.05, 0) is 51.0 Å². The van der Waals surface area contributed by atoms with Crippen molar-refractivity contribution in [2.24, 2.45) is 0 Å². The lowest BCUT2D eigenvalue weighted by Gasteiger charge is -2.17. The van der Waals surface area contributed by atoms with Crippen LogP contribution in [0.3, 0.4) is 0 Å². The van der Waals surface area contributed by atoms with Crippen LogP contribution in [0.5, 0.6) is 0 Å². The molecule has 0 spiro atoms. The van der Waals surface area contributed by atoms with Crippen molar-refractivity contribution in [2.75, 3.05) is 10.2 Å². The number of anilines is 2. The summed E-state index contributed by atoms with van der Waals surface area (Å²) in [5.74, 6) is -0.0965. The fourth-order valence-electron chi connectivity index (χ4n) is 3.68. The van der Waals surface area contributed by atoms with E-state index in [1.165, 1.54) is 34.4 Å². The predicted molar refractivity (Wildman–Crippen MR) is 125 cm³/mol. The number of rotatable bonds is 7. The topological polar surface area (TPSA) is 99.0 Å². The summed E-state index contributed by atoms with van der Waals surface area (Å²) >= 11 is 4.22. The Morgan fingerprint density at radius 3 is 2.74 bits per heavy atom. The molecule has 2 aromatic rings. The number of carbonyl (C=O) groups excluding carboxylic acids is 2. The van der Waals surface area contributed by atoms with Crippen molar-refractivity contribution in [1.29, 1.82) is 5.26 Å². The van der Waals surface area contributed by atoms with Crippen LogP contribution >= 0.6 is 34.4 Å². The molecule has 0 saturated heterocycles. The molecule has 1 atom stereocenters. The number of nitriles is 1. The monoisotopic (exact) mass is 475 g/mol. The van der Waals surface area contributed by atoms with Crippen LogP contribution in [0.1, 0.15) is 68.4 Å². The van der Waals surface area contributed by atoms with Crippen molar-refractivity contribution in [1.82, 2.24) is 10.2 Å². The molecule has 1 saturated carbocycles. The van der Waals surface area contributed by atoms with E-state index in [1.807, 2.05) is 13.8 Å². The molecule has 1 unspecified atom stereocenters. The zero-order valence-corrected chi connectivity index (χ0v) is 20.1. The Kier molecular flexibility index (Phi) is 6.94. The minimum absolute atomic E-state index is 0.0579. The first-order valence-electron chi connectivity index (χ1n) is 10.7. The summed E-state index contributed by atoms with van der Waals surface area (Å²) < 4.78 is 0.662. The Morgan fingerprint density at radius 1 is 1.26 bits per heavy atom. The number of nitrogens with one attached hydrogen (secondary N) is 1. The van der Waals surface area contributed by atoms with Gasteiger partial charge in [-0.3, -0.25) is 14.5 Å². The number of thioether (sulfide) groups is 1. The molecule has 2 amide bonds. The van der Waals surface area contributed by atoms with Crippen molar-refractivity contribution in [3.05, 3.63) is 16.0 Å². The maximum atomic E-state index is 12.8. The minimum atomic E-state index is -0.398. The van der Waals surface area contributed by atoms with Crippen LogP contribution < -0.4 is 10.2 Å². The van der Waals surface area contributed by atoms with Gasteiger partial charge < -0.3 is 5.32 Å². The molecule has 2 aliphatic carbocycles. The standard InChI is InChI=1S/C21H25N5O2S3/c1-3-17(27)26(13-9-10-13)20-24-25-21(31-20)29-12(2)18(28)23-19-15(11-22)14-7-5-4-6-8-16(14)30-19/h12-13H,3-10H2,1-2H3,(H,23,28). The molecule has 2 aromatic heterocycles. The van der Waals surface area contributed by atoms with Gasteiger partial charge in [0.2, 0.25) is 16.9 Å². The van der Waals surface area contributed by atoms with Crippen molar-refractivity contribution >= 4 is 56.4 Å². The maximum absolute atomic E-state index is 12.8. The highest BCUT2D eigenvalue weighted by Crippen LogP contribution is 2.39. The van der Waals surface area contributed by atoms with E-state index in [1.54, 1.807) is 16.2 Å². The van der Waals surface area contributed by atoms with E-state index >= 15 is 0 Å². The van der Waals surface area contributed by atoms with E-state index in [9.17, 15) is 14.9 Å². The molecule has 31 heavy (non-hydrogen) atoms. The number of thiophene rings is 1. The Morgan fingerprint density at radius 2 is 2.03 bits per heavy atom. The van der Waals surface area contributed by atoms with Crippen molar-refractivity contribution in [3.8, 4) is 6.07 Å². The highest BCUT2D eigenvalue weighted by molar-refractivity contribution is 8.02. The fourth-order valence-corrected chi connectivity index (χ4v) is 7.00. The van der Waals surface area contributed by atoms with Gasteiger partial charge in [0, 0.05) is 17.3 Å². The van der Waals surface area contributed by atoms with Crippen molar-refractivity contribution < 1.29 is 9.59 Å². The van der Waals surface area contributed by atoms with E-state index in [0.29, 0.717) is 26.5 Å². The highest BCUT2D eigenvalue weighted by Gasteiger charge is 2.35. The first-order chi connectivity index (χ1) is 15.0. The maximum Gasteiger partial charge on any atom is 0.238 e. The van der Waals surface area contributed by atoms with Gasteiger partial charge in [0.15, 0.2) is 4.34 Å². The third-order valence-electron chi connectivity index (χ3n) is 5.50. The van der Waals surface area contributed by atoms with Gasteiger partial charge >= 0.3 is 0 Å².